The van der Waals surface area contributed by atoms with Gasteiger partial charge in [0.25, 0.3) is 0 Å². The van der Waals surface area contributed by atoms with Crippen molar-refractivity contribution in [3.05, 3.63) is 41.0 Å². The fourth-order valence-electron chi connectivity index (χ4n) is 0.939. The van der Waals surface area contributed by atoms with Crippen LogP contribution in [0.1, 0.15) is 15.9 Å². The molecule has 72 valence electrons. The number of benzene rings is 1. The largest absolute Gasteiger partial charge is 0.299 e. The predicted molar refractivity (Wildman–Crippen MR) is 46.8 cm³/mol. The van der Waals surface area contributed by atoms with Gasteiger partial charge in [-0.25, -0.2) is 8.78 Å². The number of carbonyl (C=O) groups is 2. The molecule has 4 heteroatoms. The molecule has 1 rings (SSSR count). The Balaban J connectivity index is 3.21. The first-order valence-electron chi connectivity index (χ1n) is 3.75. The molecule has 0 heterocycles. The van der Waals surface area contributed by atoms with Gasteiger partial charge in [-0.1, -0.05) is 0 Å². The van der Waals surface area contributed by atoms with Crippen LogP contribution in [0.2, 0.25) is 0 Å². The number of rotatable bonds is 3. The summed E-state index contributed by atoms with van der Waals surface area (Å²) in [7, 11) is 0. The van der Waals surface area contributed by atoms with Gasteiger partial charge in [0, 0.05) is 5.56 Å². The van der Waals surface area contributed by atoms with Crippen molar-refractivity contribution in [1.82, 2.24) is 0 Å². The van der Waals surface area contributed by atoms with Gasteiger partial charge in [-0.05, 0) is 24.3 Å². The number of hydrogen-bond donors (Lipinski definition) is 0. The van der Waals surface area contributed by atoms with Crippen molar-refractivity contribution >= 4 is 18.6 Å². The number of aldehydes is 2. The van der Waals surface area contributed by atoms with E-state index in [0.29, 0.717) is 6.29 Å². The smallest absolute Gasteiger partial charge is 0.153 e. The molecule has 0 aliphatic heterocycles. The molecule has 14 heavy (non-hydrogen) atoms. The molecule has 2 nitrogen and oxygen atoms in total. The van der Waals surface area contributed by atoms with Crippen molar-refractivity contribution in [3.8, 4) is 0 Å². The van der Waals surface area contributed by atoms with Crippen LogP contribution < -0.4 is 0 Å². The number of halogens is 2. The van der Waals surface area contributed by atoms with Crippen molar-refractivity contribution in [2.45, 2.75) is 0 Å². The zero-order valence-corrected chi connectivity index (χ0v) is 7.04. The lowest BCUT2D eigenvalue weighted by atomic mass is 10.1. The summed E-state index contributed by atoms with van der Waals surface area (Å²) in [5, 5.41) is 0. The van der Waals surface area contributed by atoms with Gasteiger partial charge in [0.1, 0.15) is 17.9 Å². The zero-order chi connectivity index (χ0) is 10.6. The normalized spacial score (nSPS) is 10.4. The summed E-state index contributed by atoms with van der Waals surface area (Å²) in [6.45, 7) is 0. The molecule has 0 aliphatic rings. The van der Waals surface area contributed by atoms with E-state index < -0.39 is 11.6 Å². The number of hydrogen-bond acceptors (Lipinski definition) is 2. The van der Waals surface area contributed by atoms with Gasteiger partial charge in [-0.3, -0.25) is 9.59 Å². The molecule has 1 aromatic rings. The fourth-order valence-corrected chi connectivity index (χ4v) is 0.939. The van der Waals surface area contributed by atoms with Crippen molar-refractivity contribution < 1.29 is 18.4 Å². The second-order valence-corrected chi connectivity index (χ2v) is 2.51. The summed E-state index contributed by atoms with van der Waals surface area (Å²) in [5.74, 6) is -1.56. The van der Waals surface area contributed by atoms with E-state index >= 15 is 0 Å². The summed E-state index contributed by atoms with van der Waals surface area (Å²) >= 11 is 0. The molecule has 0 aromatic heterocycles. The lowest BCUT2D eigenvalue weighted by Crippen LogP contribution is -1.92. The molecule has 0 amide bonds. The molecule has 0 saturated heterocycles. The van der Waals surface area contributed by atoms with E-state index in [2.05, 4.69) is 0 Å². The molecule has 0 fully saturated rings. The van der Waals surface area contributed by atoms with Crippen LogP contribution in [0.3, 0.4) is 0 Å². The summed E-state index contributed by atoms with van der Waals surface area (Å²) in [6, 6.07) is 1.64. The Labute approximate surface area is 78.9 Å². The predicted octanol–water partition coefficient (Wildman–Crippen LogP) is 1.99. The van der Waals surface area contributed by atoms with E-state index in [4.69, 9.17) is 0 Å². The van der Waals surface area contributed by atoms with Crippen LogP contribution in [0.5, 0.6) is 0 Å². The Morgan fingerprint density at radius 2 is 1.57 bits per heavy atom. The maximum atomic E-state index is 13.0. The van der Waals surface area contributed by atoms with Crippen LogP contribution in [-0.4, -0.2) is 12.6 Å². The Bertz CT molecular complexity index is 397. The molecule has 0 spiro atoms. The summed E-state index contributed by atoms with van der Waals surface area (Å²) in [5.41, 5.74) is -0.411. The van der Waals surface area contributed by atoms with Gasteiger partial charge < -0.3 is 0 Å². The monoisotopic (exact) mass is 196 g/mol. The molecule has 0 atom stereocenters. The zero-order valence-electron chi connectivity index (χ0n) is 7.04. The molecule has 0 N–H and O–H groups in total. The highest BCUT2D eigenvalue weighted by molar-refractivity contribution is 5.77. The van der Waals surface area contributed by atoms with E-state index in [0.717, 1.165) is 24.3 Å². The summed E-state index contributed by atoms with van der Waals surface area (Å²) in [6.07, 6.45) is 2.84. The van der Waals surface area contributed by atoms with Crippen molar-refractivity contribution in [3.63, 3.8) is 0 Å². The minimum atomic E-state index is -0.813. The average molecular weight is 196 g/mol. The molecular formula is C10H6F2O2. The Morgan fingerprint density at radius 3 is 2.14 bits per heavy atom. The van der Waals surface area contributed by atoms with Gasteiger partial charge in [-0.2, -0.15) is 0 Å². The van der Waals surface area contributed by atoms with Gasteiger partial charge in [0.05, 0.1) is 5.56 Å². The highest BCUT2D eigenvalue weighted by Gasteiger charge is 2.06. The van der Waals surface area contributed by atoms with E-state index in [9.17, 15) is 18.4 Å². The first-order valence-corrected chi connectivity index (χ1v) is 3.75. The van der Waals surface area contributed by atoms with Crippen molar-refractivity contribution in [2.24, 2.45) is 0 Å². The van der Waals surface area contributed by atoms with Gasteiger partial charge in [0.15, 0.2) is 6.29 Å². The topological polar surface area (TPSA) is 34.1 Å². The van der Waals surface area contributed by atoms with Crippen LogP contribution in [0.4, 0.5) is 8.78 Å². The van der Waals surface area contributed by atoms with Crippen LogP contribution in [0.25, 0.3) is 6.08 Å². The van der Waals surface area contributed by atoms with Crippen LogP contribution in [0, 0.1) is 11.6 Å². The summed E-state index contributed by atoms with van der Waals surface area (Å²) < 4.78 is 26.0. The highest BCUT2D eigenvalue weighted by Crippen LogP contribution is 2.14. The minimum Gasteiger partial charge on any atom is -0.299 e. The minimum absolute atomic E-state index is 0.0693. The van der Waals surface area contributed by atoms with E-state index in [1.165, 1.54) is 0 Å². The average Bonchev–Trinajstić information content (AvgIpc) is 2.18. The third-order valence-corrected chi connectivity index (χ3v) is 1.60. The molecule has 1 aromatic carbocycles. The second-order valence-electron chi connectivity index (χ2n) is 2.51. The van der Waals surface area contributed by atoms with Crippen LogP contribution in [0.15, 0.2) is 18.2 Å². The van der Waals surface area contributed by atoms with Gasteiger partial charge >= 0.3 is 0 Å². The Hall–Kier alpha value is -1.84. The Morgan fingerprint density at radius 1 is 1.00 bits per heavy atom. The van der Waals surface area contributed by atoms with Gasteiger partial charge in [-0.15, -0.1) is 0 Å². The molecule has 0 unspecified atom stereocenters. The maximum absolute atomic E-state index is 13.0. The fraction of sp³-hybridized carbons (Fsp3) is 0. The molecule has 0 aliphatic carbocycles. The lowest BCUT2D eigenvalue weighted by molar-refractivity contribution is -0.104. The van der Waals surface area contributed by atoms with E-state index in [-0.39, 0.29) is 17.4 Å². The molecule has 0 saturated carbocycles. The molecule has 0 bridgehead atoms. The van der Waals surface area contributed by atoms with Crippen molar-refractivity contribution in [1.29, 1.82) is 0 Å². The van der Waals surface area contributed by atoms with Crippen LogP contribution in [-0.2, 0) is 4.79 Å². The third kappa shape index (κ3) is 2.10. The van der Waals surface area contributed by atoms with Crippen molar-refractivity contribution in [2.75, 3.05) is 0 Å². The second kappa shape index (κ2) is 4.41. The SMILES string of the molecule is O=CC=Cc1cc(F)c(C=O)cc1F. The molecular weight excluding hydrogens is 190 g/mol. The maximum Gasteiger partial charge on any atom is 0.153 e. The summed E-state index contributed by atoms with van der Waals surface area (Å²) in [4.78, 5) is 20.2. The Kier molecular flexibility index (Phi) is 3.23. The third-order valence-electron chi connectivity index (χ3n) is 1.60. The lowest BCUT2D eigenvalue weighted by Gasteiger charge is -1.99. The van der Waals surface area contributed by atoms with E-state index in [1.807, 2.05) is 0 Å². The highest BCUT2D eigenvalue weighted by atomic mass is 19.1. The first kappa shape index (κ1) is 10.2. The number of allylic oxidation sites excluding steroid dienone is 1. The molecule has 0 radical (unpaired) electrons. The quantitative estimate of drug-likeness (QED) is 0.547. The van der Waals surface area contributed by atoms with E-state index in [1.54, 1.807) is 0 Å². The number of carbonyl (C=O) groups excluding carboxylic acids is 2. The first-order chi connectivity index (χ1) is 6.69. The van der Waals surface area contributed by atoms with Crippen LogP contribution >= 0.6 is 0 Å². The standard InChI is InChI=1S/C10H6F2O2/c11-9-5-8(6-14)10(12)4-7(9)2-1-3-13/h1-6H. The van der Waals surface area contributed by atoms with Gasteiger partial charge in [0.2, 0.25) is 0 Å².